The van der Waals surface area contributed by atoms with Crippen LogP contribution in [0.25, 0.3) is 87.6 Å². The van der Waals surface area contributed by atoms with Gasteiger partial charge < -0.3 is 9.32 Å². The lowest BCUT2D eigenvalue weighted by molar-refractivity contribution is 0.672. The Bertz CT molecular complexity index is 4090. The van der Waals surface area contributed by atoms with E-state index in [0.717, 1.165) is 55.5 Å². The van der Waals surface area contributed by atoms with Crippen molar-refractivity contribution in [2.45, 2.75) is 5.41 Å². The van der Waals surface area contributed by atoms with Crippen LogP contribution < -0.4 is 4.90 Å². The van der Waals surface area contributed by atoms with Gasteiger partial charge in [-0.05, 0) is 114 Å². The third-order valence-corrected chi connectivity index (χ3v) is 14.7. The number of benzene rings is 12. The van der Waals surface area contributed by atoms with Gasteiger partial charge in [0.2, 0.25) is 0 Å². The van der Waals surface area contributed by atoms with Crippen LogP contribution in [0.1, 0.15) is 22.3 Å². The average molecular weight is 878 g/mol. The summed E-state index contributed by atoms with van der Waals surface area (Å²) >= 11 is 0. The Morgan fingerprint density at radius 1 is 0.319 bits per heavy atom. The quantitative estimate of drug-likeness (QED) is 0.148. The predicted molar refractivity (Wildman–Crippen MR) is 289 cm³/mol. The number of fused-ring (bicyclic) bond motifs is 11. The minimum absolute atomic E-state index is 0.546. The second-order valence-electron chi connectivity index (χ2n) is 18.3. The number of rotatable bonds is 7. The first-order chi connectivity index (χ1) is 34.2. The van der Waals surface area contributed by atoms with Gasteiger partial charge in [-0.3, -0.25) is 0 Å². The maximum Gasteiger partial charge on any atom is 0.143 e. The van der Waals surface area contributed by atoms with Crippen molar-refractivity contribution in [2.24, 2.45) is 0 Å². The van der Waals surface area contributed by atoms with Crippen LogP contribution in [0, 0.1) is 0 Å². The number of hydrogen-bond acceptors (Lipinski definition) is 2. The van der Waals surface area contributed by atoms with Gasteiger partial charge in [-0.2, -0.15) is 0 Å². The molecular weight excluding hydrogens is 835 g/mol. The zero-order valence-corrected chi connectivity index (χ0v) is 37.7. The summed E-state index contributed by atoms with van der Waals surface area (Å²) in [4.78, 5) is 2.50. The molecule has 12 aromatic carbocycles. The van der Waals surface area contributed by atoms with E-state index in [1.807, 2.05) is 0 Å². The first kappa shape index (κ1) is 39.2. The Morgan fingerprint density at radius 2 is 0.884 bits per heavy atom. The fraction of sp³-hybridized carbons (Fsp3) is 0.0149. The smallest absolute Gasteiger partial charge is 0.143 e. The number of hydrogen-bond donors (Lipinski definition) is 0. The average Bonchev–Trinajstić information content (AvgIpc) is 3.96. The van der Waals surface area contributed by atoms with Crippen molar-refractivity contribution < 1.29 is 4.42 Å². The molecular formula is C67H43NO. The Hall–Kier alpha value is -8.98. The van der Waals surface area contributed by atoms with Gasteiger partial charge in [-0.1, -0.05) is 218 Å². The van der Waals surface area contributed by atoms with Gasteiger partial charge in [0.05, 0.1) is 16.8 Å². The maximum atomic E-state index is 6.63. The summed E-state index contributed by atoms with van der Waals surface area (Å²) in [6.45, 7) is 0. The SMILES string of the molecule is c1ccc(C2(c3ccccc3)c3ccccc3-c3c(N(c4ccc(-c5cccc6c5ccc5ccccc56)cc4)c4ccccc4-c4ccc5oc6c7ccccc7ccc6c5c4)cccc32)cc1. The Balaban J connectivity index is 1.01. The van der Waals surface area contributed by atoms with E-state index in [1.165, 1.54) is 71.4 Å². The Morgan fingerprint density at radius 3 is 1.67 bits per heavy atom. The summed E-state index contributed by atoms with van der Waals surface area (Å²) in [5.74, 6) is 0. The molecule has 0 unspecified atom stereocenters. The van der Waals surface area contributed by atoms with E-state index in [2.05, 4.69) is 266 Å². The largest absolute Gasteiger partial charge is 0.455 e. The normalized spacial score (nSPS) is 12.8. The first-order valence-corrected chi connectivity index (χ1v) is 23.8. The van der Waals surface area contributed by atoms with Crippen LogP contribution in [-0.4, -0.2) is 0 Å². The van der Waals surface area contributed by atoms with E-state index in [-0.39, 0.29) is 0 Å². The topological polar surface area (TPSA) is 16.4 Å². The molecule has 1 aromatic heterocycles. The van der Waals surface area contributed by atoms with Crippen LogP contribution in [0.2, 0.25) is 0 Å². The molecule has 0 atom stereocenters. The highest BCUT2D eigenvalue weighted by Crippen LogP contribution is 2.60. The maximum absolute atomic E-state index is 6.63. The zero-order valence-electron chi connectivity index (χ0n) is 37.7. The standard InChI is InChI=1S/C67H43NO/c1-3-19-48(20-4-1)67(49-21-5-2-6-22-49)60-29-13-11-26-58(60)65-61(67)30-16-32-63(65)68(50-38-33-46(34-39-50)52-27-15-28-55-51-23-9-7-17-44(51)35-40-56(52)55)62-31-14-12-24-53(62)47-37-42-64-59(43-47)57-41-36-45-18-8-10-25-54(45)66(57)69-64/h1-43H. The van der Waals surface area contributed by atoms with Crippen LogP contribution in [0.4, 0.5) is 17.1 Å². The number of para-hydroxylation sites is 1. The molecule has 0 saturated carbocycles. The van der Waals surface area contributed by atoms with E-state index in [0.29, 0.717) is 0 Å². The molecule has 0 amide bonds. The Kier molecular flexibility index (Phi) is 8.84. The molecule has 1 aliphatic carbocycles. The highest BCUT2D eigenvalue weighted by Gasteiger charge is 2.47. The second kappa shape index (κ2) is 15.6. The van der Waals surface area contributed by atoms with Crippen molar-refractivity contribution in [2.75, 3.05) is 4.90 Å². The van der Waals surface area contributed by atoms with Gasteiger partial charge in [-0.25, -0.2) is 0 Å². The summed E-state index contributed by atoms with van der Waals surface area (Å²) in [5.41, 5.74) is 16.7. The van der Waals surface area contributed by atoms with E-state index in [1.54, 1.807) is 0 Å². The summed E-state index contributed by atoms with van der Waals surface area (Å²) < 4.78 is 6.63. The van der Waals surface area contributed by atoms with E-state index >= 15 is 0 Å². The fourth-order valence-corrected chi connectivity index (χ4v) is 11.7. The van der Waals surface area contributed by atoms with Gasteiger partial charge in [-0.15, -0.1) is 0 Å². The molecule has 1 heterocycles. The van der Waals surface area contributed by atoms with Gasteiger partial charge >= 0.3 is 0 Å². The molecule has 1 aliphatic rings. The fourth-order valence-electron chi connectivity index (χ4n) is 11.7. The second-order valence-corrected chi connectivity index (χ2v) is 18.3. The monoisotopic (exact) mass is 877 g/mol. The number of anilines is 3. The molecule has 0 bridgehead atoms. The molecule has 0 saturated heterocycles. The molecule has 13 aromatic rings. The van der Waals surface area contributed by atoms with Crippen molar-refractivity contribution in [1.29, 1.82) is 0 Å². The van der Waals surface area contributed by atoms with E-state index in [9.17, 15) is 0 Å². The van der Waals surface area contributed by atoms with Crippen molar-refractivity contribution in [3.8, 4) is 33.4 Å². The van der Waals surface area contributed by atoms with Gasteiger partial charge in [0.1, 0.15) is 11.2 Å². The summed E-state index contributed by atoms with van der Waals surface area (Å²) in [6, 6.07) is 95.7. The molecule has 2 heteroatoms. The molecule has 0 aliphatic heterocycles. The summed E-state index contributed by atoms with van der Waals surface area (Å²) in [6.07, 6.45) is 0. The lowest BCUT2D eigenvalue weighted by Gasteiger charge is -2.34. The van der Waals surface area contributed by atoms with E-state index in [4.69, 9.17) is 4.42 Å². The molecule has 14 rings (SSSR count). The highest BCUT2D eigenvalue weighted by atomic mass is 16.3. The van der Waals surface area contributed by atoms with Crippen molar-refractivity contribution >= 4 is 71.3 Å². The molecule has 69 heavy (non-hydrogen) atoms. The first-order valence-electron chi connectivity index (χ1n) is 23.8. The lowest BCUT2D eigenvalue weighted by atomic mass is 9.68. The van der Waals surface area contributed by atoms with Crippen LogP contribution >= 0.6 is 0 Å². The van der Waals surface area contributed by atoms with Crippen LogP contribution in [0.15, 0.2) is 265 Å². The third kappa shape index (κ3) is 5.92. The summed E-state index contributed by atoms with van der Waals surface area (Å²) in [5, 5.41) is 9.55. The van der Waals surface area contributed by atoms with Crippen molar-refractivity contribution in [3.63, 3.8) is 0 Å². The molecule has 0 N–H and O–H groups in total. The van der Waals surface area contributed by atoms with Crippen LogP contribution in [0.5, 0.6) is 0 Å². The molecule has 0 spiro atoms. The van der Waals surface area contributed by atoms with Crippen LogP contribution in [0.3, 0.4) is 0 Å². The Labute approximate surface area is 400 Å². The molecule has 322 valence electrons. The third-order valence-electron chi connectivity index (χ3n) is 14.7. The summed E-state index contributed by atoms with van der Waals surface area (Å²) in [7, 11) is 0. The van der Waals surface area contributed by atoms with Crippen molar-refractivity contribution in [1.82, 2.24) is 0 Å². The van der Waals surface area contributed by atoms with Crippen LogP contribution in [-0.2, 0) is 5.41 Å². The van der Waals surface area contributed by atoms with Gasteiger partial charge in [0.25, 0.3) is 0 Å². The lowest BCUT2D eigenvalue weighted by Crippen LogP contribution is -2.28. The van der Waals surface area contributed by atoms with Crippen molar-refractivity contribution in [3.05, 3.63) is 283 Å². The number of nitrogens with zero attached hydrogens (tertiary/aromatic N) is 1. The van der Waals surface area contributed by atoms with E-state index < -0.39 is 5.41 Å². The minimum Gasteiger partial charge on any atom is -0.455 e. The highest BCUT2D eigenvalue weighted by molar-refractivity contribution is 6.16. The molecule has 2 nitrogen and oxygen atoms in total. The predicted octanol–water partition coefficient (Wildman–Crippen LogP) is 18.2. The zero-order chi connectivity index (χ0) is 45.5. The molecule has 0 radical (unpaired) electrons. The van der Waals surface area contributed by atoms with Gasteiger partial charge in [0, 0.05) is 33.0 Å². The van der Waals surface area contributed by atoms with Gasteiger partial charge in [0.15, 0.2) is 0 Å². The number of furan rings is 1. The molecule has 0 fully saturated rings. The minimum atomic E-state index is -0.546.